The number of carbonyl (C=O) groups excluding carboxylic acids is 2. The normalized spacial score (nSPS) is 26.9. The van der Waals surface area contributed by atoms with Crippen molar-refractivity contribution in [1.29, 1.82) is 0 Å². The van der Waals surface area contributed by atoms with Crippen LogP contribution in [0.15, 0.2) is 30.3 Å². The van der Waals surface area contributed by atoms with E-state index in [1.54, 1.807) is 0 Å². The van der Waals surface area contributed by atoms with Crippen LogP contribution in [0.25, 0.3) is 0 Å². The molecule has 1 aromatic carbocycles. The summed E-state index contributed by atoms with van der Waals surface area (Å²) in [5.74, 6) is -0.337. The lowest BCUT2D eigenvalue weighted by atomic mass is 9.71. The zero-order valence-corrected chi connectivity index (χ0v) is 15.0. The Morgan fingerprint density at radius 2 is 1.88 bits per heavy atom. The van der Waals surface area contributed by atoms with Crippen LogP contribution < -0.4 is 5.32 Å². The van der Waals surface area contributed by atoms with Gasteiger partial charge in [0.25, 0.3) is 0 Å². The second-order valence-corrected chi connectivity index (χ2v) is 7.26. The molecule has 0 bridgehead atoms. The van der Waals surface area contributed by atoms with Crippen LogP contribution in [0.3, 0.4) is 0 Å². The number of hydrogen-bond donors (Lipinski definition) is 1. The van der Waals surface area contributed by atoms with E-state index in [4.69, 9.17) is 9.47 Å². The van der Waals surface area contributed by atoms with Crippen LogP contribution >= 0.6 is 0 Å². The SMILES string of the molecule is CC(C)OC(=O)C[C@@]1(C)NC(=O)O[C@@H](C(C)C)[C@@H]1c1ccccc1. The minimum Gasteiger partial charge on any atom is -0.463 e. The molecule has 1 heterocycles. The summed E-state index contributed by atoms with van der Waals surface area (Å²) in [6.45, 7) is 9.56. The Hall–Kier alpha value is -2.04. The van der Waals surface area contributed by atoms with Crippen LogP contribution in [0.5, 0.6) is 0 Å². The highest BCUT2D eigenvalue weighted by Crippen LogP contribution is 2.41. The summed E-state index contributed by atoms with van der Waals surface area (Å²) >= 11 is 0. The smallest absolute Gasteiger partial charge is 0.407 e. The molecule has 0 unspecified atom stereocenters. The number of ether oxygens (including phenoxy) is 2. The molecule has 0 spiro atoms. The molecule has 1 aliphatic heterocycles. The molecular weight excluding hydrogens is 306 g/mol. The van der Waals surface area contributed by atoms with Crippen molar-refractivity contribution >= 4 is 12.1 Å². The molecule has 1 fully saturated rings. The molecule has 0 aliphatic carbocycles. The van der Waals surface area contributed by atoms with Crippen molar-refractivity contribution in [3.8, 4) is 0 Å². The summed E-state index contributed by atoms with van der Waals surface area (Å²) < 4.78 is 10.9. The van der Waals surface area contributed by atoms with E-state index in [0.29, 0.717) is 0 Å². The first-order chi connectivity index (χ1) is 11.2. The first-order valence-electron chi connectivity index (χ1n) is 8.46. The number of carbonyl (C=O) groups is 2. The topological polar surface area (TPSA) is 64.6 Å². The third-order valence-electron chi connectivity index (χ3n) is 4.34. The fourth-order valence-electron chi connectivity index (χ4n) is 3.39. The fourth-order valence-corrected chi connectivity index (χ4v) is 3.39. The summed E-state index contributed by atoms with van der Waals surface area (Å²) in [7, 11) is 0. The molecule has 2 rings (SSSR count). The van der Waals surface area contributed by atoms with Gasteiger partial charge in [0.05, 0.1) is 18.1 Å². The van der Waals surface area contributed by atoms with E-state index in [0.717, 1.165) is 5.56 Å². The van der Waals surface area contributed by atoms with Gasteiger partial charge in [0.2, 0.25) is 0 Å². The van der Waals surface area contributed by atoms with Crippen molar-refractivity contribution in [1.82, 2.24) is 5.32 Å². The van der Waals surface area contributed by atoms with E-state index in [1.807, 2.05) is 65.0 Å². The molecule has 1 aromatic rings. The average molecular weight is 333 g/mol. The highest BCUT2D eigenvalue weighted by Gasteiger charge is 2.49. The van der Waals surface area contributed by atoms with Crippen molar-refractivity contribution in [3.63, 3.8) is 0 Å². The zero-order valence-electron chi connectivity index (χ0n) is 15.0. The van der Waals surface area contributed by atoms with E-state index in [-0.39, 0.29) is 36.4 Å². The third-order valence-corrected chi connectivity index (χ3v) is 4.34. The largest absolute Gasteiger partial charge is 0.463 e. The van der Waals surface area contributed by atoms with E-state index in [2.05, 4.69) is 5.32 Å². The molecule has 3 atom stereocenters. The first-order valence-corrected chi connectivity index (χ1v) is 8.46. The van der Waals surface area contributed by atoms with Crippen LogP contribution in [0.1, 0.15) is 52.5 Å². The average Bonchev–Trinajstić information content (AvgIpc) is 2.45. The second-order valence-electron chi connectivity index (χ2n) is 7.26. The summed E-state index contributed by atoms with van der Waals surface area (Å²) in [6.07, 6.45) is -0.880. The van der Waals surface area contributed by atoms with Crippen LogP contribution in [0.2, 0.25) is 0 Å². The Bertz CT molecular complexity index is 584. The van der Waals surface area contributed by atoms with Crippen molar-refractivity contribution in [3.05, 3.63) is 35.9 Å². The van der Waals surface area contributed by atoms with Gasteiger partial charge in [0.15, 0.2) is 0 Å². The number of esters is 1. The number of amides is 1. The van der Waals surface area contributed by atoms with Gasteiger partial charge in [0.1, 0.15) is 6.10 Å². The van der Waals surface area contributed by atoms with E-state index >= 15 is 0 Å². The molecule has 132 valence electrons. The molecule has 0 saturated carbocycles. The molecule has 1 saturated heterocycles. The number of cyclic esters (lactones) is 1. The molecule has 24 heavy (non-hydrogen) atoms. The van der Waals surface area contributed by atoms with Gasteiger partial charge in [-0.2, -0.15) is 0 Å². The fraction of sp³-hybridized carbons (Fsp3) is 0.579. The number of hydrogen-bond acceptors (Lipinski definition) is 4. The Labute approximate surface area is 143 Å². The highest BCUT2D eigenvalue weighted by molar-refractivity contribution is 5.75. The second kappa shape index (κ2) is 7.24. The molecule has 0 aromatic heterocycles. The van der Waals surface area contributed by atoms with Gasteiger partial charge in [-0.1, -0.05) is 44.2 Å². The monoisotopic (exact) mass is 333 g/mol. The minimum atomic E-state index is -0.766. The van der Waals surface area contributed by atoms with Crippen molar-refractivity contribution < 1.29 is 19.1 Å². The third kappa shape index (κ3) is 4.08. The van der Waals surface area contributed by atoms with Gasteiger partial charge >= 0.3 is 12.1 Å². The summed E-state index contributed by atoms with van der Waals surface area (Å²) in [6, 6.07) is 9.87. The van der Waals surface area contributed by atoms with Crippen LogP contribution in [0.4, 0.5) is 4.79 Å². The maximum Gasteiger partial charge on any atom is 0.407 e. The van der Waals surface area contributed by atoms with E-state index in [9.17, 15) is 9.59 Å². The van der Waals surface area contributed by atoms with Gasteiger partial charge in [-0.3, -0.25) is 4.79 Å². The van der Waals surface area contributed by atoms with Crippen molar-refractivity contribution in [2.45, 2.75) is 64.7 Å². The van der Waals surface area contributed by atoms with Gasteiger partial charge in [-0.15, -0.1) is 0 Å². The van der Waals surface area contributed by atoms with Gasteiger partial charge in [-0.05, 0) is 32.3 Å². The predicted molar refractivity (Wildman–Crippen MR) is 91.7 cm³/mol. The first kappa shape index (κ1) is 18.3. The molecule has 1 aliphatic rings. The molecule has 5 heteroatoms. The van der Waals surface area contributed by atoms with Gasteiger partial charge < -0.3 is 14.8 Å². The van der Waals surface area contributed by atoms with Crippen molar-refractivity contribution in [2.24, 2.45) is 5.92 Å². The molecule has 5 nitrogen and oxygen atoms in total. The van der Waals surface area contributed by atoms with E-state index < -0.39 is 11.6 Å². The van der Waals surface area contributed by atoms with Crippen LogP contribution in [0, 0.1) is 5.92 Å². The predicted octanol–water partition coefficient (Wildman–Crippen LogP) is 3.64. The highest BCUT2D eigenvalue weighted by atomic mass is 16.6. The maximum atomic E-state index is 12.3. The standard InChI is InChI=1S/C19H27NO4/c1-12(2)17-16(14-9-7-6-8-10-14)19(5,20-18(22)24-17)11-15(21)23-13(3)4/h6-10,12-13,16-17H,11H2,1-5H3,(H,20,22)/t16-,17-,19+/m0/s1. The number of rotatable bonds is 5. The summed E-state index contributed by atoms with van der Waals surface area (Å²) in [5.41, 5.74) is 0.272. The Morgan fingerprint density at radius 1 is 1.25 bits per heavy atom. The number of alkyl carbamates (subject to hydrolysis) is 1. The summed E-state index contributed by atoms with van der Waals surface area (Å²) in [5, 5.41) is 2.87. The lowest BCUT2D eigenvalue weighted by Crippen LogP contribution is -2.61. The van der Waals surface area contributed by atoms with Crippen molar-refractivity contribution in [2.75, 3.05) is 0 Å². The summed E-state index contributed by atoms with van der Waals surface area (Å²) in [4.78, 5) is 24.4. The molecular formula is C19H27NO4. The van der Waals surface area contributed by atoms with E-state index in [1.165, 1.54) is 0 Å². The number of benzene rings is 1. The molecule has 0 radical (unpaired) electrons. The Balaban J connectivity index is 2.39. The Kier molecular flexibility index (Phi) is 5.52. The quantitative estimate of drug-likeness (QED) is 0.836. The maximum absolute atomic E-state index is 12.3. The zero-order chi connectivity index (χ0) is 17.9. The van der Waals surface area contributed by atoms with Gasteiger partial charge in [-0.25, -0.2) is 4.79 Å². The Morgan fingerprint density at radius 3 is 2.42 bits per heavy atom. The molecule has 1 N–H and O–H groups in total. The van der Waals surface area contributed by atoms with Gasteiger partial charge in [0, 0.05) is 5.92 Å². The number of nitrogens with one attached hydrogen (secondary N) is 1. The minimum absolute atomic E-state index is 0.100. The molecule has 1 amide bonds. The van der Waals surface area contributed by atoms with Crippen LogP contribution in [-0.4, -0.2) is 29.8 Å². The lowest BCUT2D eigenvalue weighted by Gasteiger charge is -2.47. The van der Waals surface area contributed by atoms with Crippen LogP contribution in [-0.2, 0) is 14.3 Å². The lowest BCUT2D eigenvalue weighted by molar-refractivity contribution is -0.150.